The number of anilines is 1. The fraction of sp³-hybridized carbons (Fsp3) is 0.182. The first-order valence-corrected chi connectivity index (χ1v) is 10.4. The van der Waals surface area contributed by atoms with Gasteiger partial charge in [-0.2, -0.15) is 0 Å². The number of hydrogen-bond acceptors (Lipinski definition) is 3. The molecule has 0 fully saturated rings. The summed E-state index contributed by atoms with van der Waals surface area (Å²) in [6.07, 6.45) is 0. The van der Waals surface area contributed by atoms with Gasteiger partial charge in [0.05, 0.1) is 11.1 Å². The second-order valence-electron chi connectivity index (χ2n) is 6.05. The van der Waals surface area contributed by atoms with E-state index in [1.807, 2.05) is 55.5 Å². The van der Waals surface area contributed by atoms with Gasteiger partial charge < -0.3 is 14.8 Å². The normalized spacial score (nSPS) is 10.6. The molecule has 3 rings (SSSR count). The predicted molar refractivity (Wildman–Crippen MR) is 120 cm³/mol. The van der Waals surface area contributed by atoms with Crippen molar-refractivity contribution >= 4 is 44.8 Å². The van der Waals surface area contributed by atoms with Crippen LogP contribution in [-0.2, 0) is 13.2 Å². The third-order valence-corrected chi connectivity index (χ3v) is 5.36. The Balaban J connectivity index is 1.78. The molecular weight excluding hydrogens is 461 g/mol. The van der Waals surface area contributed by atoms with Crippen LogP contribution in [0.25, 0.3) is 0 Å². The summed E-state index contributed by atoms with van der Waals surface area (Å²) < 4.78 is 12.6. The van der Waals surface area contributed by atoms with Crippen molar-refractivity contribution in [2.45, 2.75) is 20.1 Å². The van der Waals surface area contributed by atoms with Crippen LogP contribution in [-0.4, -0.2) is 6.61 Å². The van der Waals surface area contributed by atoms with Crippen molar-refractivity contribution in [2.75, 3.05) is 11.9 Å². The molecule has 0 radical (unpaired) electrons. The molecular formula is C22H20BrCl2NO2. The molecule has 3 aromatic carbocycles. The molecule has 0 unspecified atom stereocenters. The maximum absolute atomic E-state index is 6.25. The number of hydrogen-bond donors (Lipinski definition) is 1. The molecule has 6 heteroatoms. The van der Waals surface area contributed by atoms with E-state index in [2.05, 4.69) is 21.2 Å². The van der Waals surface area contributed by atoms with E-state index >= 15 is 0 Å². The summed E-state index contributed by atoms with van der Waals surface area (Å²) in [6.45, 7) is 3.39. The molecule has 28 heavy (non-hydrogen) atoms. The number of halogens is 3. The second-order valence-corrected chi connectivity index (χ2v) is 7.72. The first-order valence-electron chi connectivity index (χ1n) is 8.88. The van der Waals surface area contributed by atoms with E-state index < -0.39 is 0 Å². The van der Waals surface area contributed by atoms with Crippen LogP contribution >= 0.6 is 39.1 Å². The Morgan fingerprint density at radius 1 is 0.929 bits per heavy atom. The van der Waals surface area contributed by atoms with Gasteiger partial charge in [0, 0.05) is 27.8 Å². The maximum atomic E-state index is 6.25. The lowest BCUT2D eigenvalue weighted by atomic mass is 10.2. The highest BCUT2D eigenvalue weighted by Gasteiger charge is 2.14. The molecule has 0 saturated heterocycles. The van der Waals surface area contributed by atoms with E-state index in [4.69, 9.17) is 32.7 Å². The van der Waals surface area contributed by atoms with E-state index in [-0.39, 0.29) is 6.61 Å². The average Bonchev–Trinajstić information content (AvgIpc) is 2.68. The molecule has 0 amide bonds. The van der Waals surface area contributed by atoms with Crippen LogP contribution in [0.3, 0.4) is 0 Å². The zero-order valence-corrected chi connectivity index (χ0v) is 18.4. The Morgan fingerprint density at radius 3 is 2.32 bits per heavy atom. The Morgan fingerprint density at radius 2 is 1.64 bits per heavy atom. The number of benzene rings is 3. The topological polar surface area (TPSA) is 30.5 Å². The van der Waals surface area contributed by atoms with Gasteiger partial charge >= 0.3 is 0 Å². The fourth-order valence-electron chi connectivity index (χ4n) is 2.70. The average molecular weight is 481 g/mol. The van der Waals surface area contributed by atoms with Gasteiger partial charge in [-0.3, -0.25) is 0 Å². The van der Waals surface area contributed by atoms with Gasteiger partial charge in [-0.1, -0.05) is 47.5 Å². The van der Waals surface area contributed by atoms with Gasteiger partial charge in [0.2, 0.25) is 0 Å². The summed E-state index contributed by atoms with van der Waals surface area (Å²) in [6, 6.07) is 19.5. The summed E-state index contributed by atoms with van der Waals surface area (Å²) in [5, 5.41) is 4.55. The predicted octanol–water partition coefficient (Wildman–Crippen LogP) is 7.35. The van der Waals surface area contributed by atoms with Crippen molar-refractivity contribution in [3.05, 3.63) is 86.3 Å². The lowest BCUT2D eigenvalue weighted by molar-refractivity contribution is 0.267. The van der Waals surface area contributed by atoms with E-state index in [0.29, 0.717) is 34.7 Å². The van der Waals surface area contributed by atoms with Gasteiger partial charge in [-0.15, -0.1) is 0 Å². The molecule has 1 N–H and O–H groups in total. The SMILES string of the molecule is CCOc1cc(CNc2ccccc2)cc(Br)c1OCc1c(Cl)cccc1Cl. The standard InChI is InChI=1S/C22H20BrCl2NO2/c1-2-27-21-12-15(13-26-16-7-4-3-5-8-16)11-18(23)22(21)28-14-17-19(24)9-6-10-20(17)25/h3-12,26H,2,13-14H2,1H3. The van der Waals surface area contributed by atoms with Crippen molar-refractivity contribution in [2.24, 2.45) is 0 Å². The molecule has 0 spiro atoms. The fourth-order valence-corrected chi connectivity index (χ4v) is 3.81. The number of rotatable bonds is 8. The molecule has 0 heterocycles. The highest BCUT2D eigenvalue weighted by atomic mass is 79.9. The van der Waals surface area contributed by atoms with E-state index in [9.17, 15) is 0 Å². The molecule has 0 aliphatic rings. The lowest BCUT2D eigenvalue weighted by Crippen LogP contribution is -2.04. The molecule has 146 valence electrons. The van der Waals surface area contributed by atoms with Crippen LogP contribution in [0.1, 0.15) is 18.1 Å². The number of para-hydroxylation sites is 1. The summed E-state index contributed by atoms with van der Waals surface area (Å²) in [4.78, 5) is 0. The van der Waals surface area contributed by atoms with Crippen molar-refractivity contribution in [3.8, 4) is 11.5 Å². The van der Waals surface area contributed by atoms with Crippen LogP contribution in [0, 0.1) is 0 Å². The van der Waals surface area contributed by atoms with Gasteiger partial charge in [-0.05, 0) is 64.8 Å². The third-order valence-electron chi connectivity index (χ3n) is 4.06. The molecule has 0 saturated carbocycles. The molecule has 0 aromatic heterocycles. The van der Waals surface area contributed by atoms with Gasteiger partial charge in [-0.25, -0.2) is 0 Å². The summed E-state index contributed by atoms with van der Waals surface area (Å²) >= 11 is 16.1. The molecule has 0 aliphatic heterocycles. The molecule has 0 atom stereocenters. The van der Waals surface area contributed by atoms with Gasteiger partial charge in [0.1, 0.15) is 6.61 Å². The Bertz CT molecular complexity index is 915. The Hall–Kier alpha value is -1.88. The highest BCUT2D eigenvalue weighted by molar-refractivity contribution is 9.10. The van der Waals surface area contributed by atoms with Crippen molar-refractivity contribution in [3.63, 3.8) is 0 Å². The maximum Gasteiger partial charge on any atom is 0.175 e. The third kappa shape index (κ3) is 5.34. The zero-order valence-electron chi connectivity index (χ0n) is 15.3. The molecule has 0 aliphatic carbocycles. The minimum absolute atomic E-state index is 0.249. The molecule has 3 aromatic rings. The van der Waals surface area contributed by atoms with Crippen LogP contribution in [0.4, 0.5) is 5.69 Å². The van der Waals surface area contributed by atoms with Crippen LogP contribution in [0.5, 0.6) is 11.5 Å². The minimum atomic E-state index is 0.249. The second kappa shape index (κ2) is 10.1. The minimum Gasteiger partial charge on any atom is -0.490 e. The van der Waals surface area contributed by atoms with Crippen molar-refractivity contribution in [1.29, 1.82) is 0 Å². The summed E-state index contributed by atoms with van der Waals surface area (Å²) in [5.74, 6) is 1.30. The van der Waals surface area contributed by atoms with E-state index in [0.717, 1.165) is 21.3 Å². The Labute approximate surface area is 183 Å². The summed E-state index contributed by atoms with van der Waals surface area (Å²) in [5.41, 5.74) is 2.88. The van der Waals surface area contributed by atoms with Crippen LogP contribution in [0.2, 0.25) is 10.0 Å². The Kier molecular flexibility index (Phi) is 7.49. The molecule has 3 nitrogen and oxygen atoms in total. The first-order chi connectivity index (χ1) is 13.6. The highest BCUT2D eigenvalue weighted by Crippen LogP contribution is 2.38. The number of ether oxygens (including phenoxy) is 2. The quantitative estimate of drug-likeness (QED) is 0.365. The largest absolute Gasteiger partial charge is 0.490 e. The first kappa shape index (κ1) is 20.8. The van der Waals surface area contributed by atoms with Crippen molar-refractivity contribution < 1.29 is 9.47 Å². The smallest absolute Gasteiger partial charge is 0.175 e. The molecule has 0 bridgehead atoms. The van der Waals surface area contributed by atoms with Crippen LogP contribution < -0.4 is 14.8 Å². The van der Waals surface area contributed by atoms with Gasteiger partial charge in [0.15, 0.2) is 11.5 Å². The van der Waals surface area contributed by atoms with E-state index in [1.54, 1.807) is 12.1 Å². The van der Waals surface area contributed by atoms with E-state index in [1.165, 1.54) is 0 Å². The van der Waals surface area contributed by atoms with Crippen LogP contribution in [0.15, 0.2) is 65.1 Å². The summed E-state index contributed by atoms with van der Waals surface area (Å²) in [7, 11) is 0. The number of nitrogens with one attached hydrogen (secondary N) is 1. The van der Waals surface area contributed by atoms with Crippen molar-refractivity contribution in [1.82, 2.24) is 0 Å². The lowest BCUT2D eigenvalue weighted by Gasteiger charge is -2.17. The zero-order chi connectivity index (χ0) is 19.9. The monoisotopic (exact) mass is 479 g/mol. The van der Waals surface area contributed by atoms with Gasteiger partial charge in [0.25, 0.3) is 0 Å².